The van der Waals surface area contributed by atoms with Crippen LogP contribution in [0.5, 0.6) is 0 Å². The third kappa shape index (κ3) is 6.47. The average molecular weight is 620 g/mol. The smallest absolute Gasteiger partial charge is 0.155 e. The summed E-state index contributed by atoms with van der Waals surface area (Å²) in [5.41, 5.74) is 9.01. The van der Waals surface area contributed by atoms with Gasteiger partial charge in [0.25, 0.3) is 0 Å². The van der Waals surface area contributed by atoms with Gasteiger partial charge in [0, 0.05) is 43.5 Å². The third-order valence-electron chi connectivity index (χ3n) is 4.85. The van der Waals surface area contributed by atoms with Gasteiger partial charge in [0.15, 0.2) is 5.78 Å². The van der Waals surface area contributed by atoms with E-state index in [4.69, 9.17) is 9.52 Å². The third-order valence-corrected chi connectivity index (χ3v) is 4.85. The van der Waals surface area contributed by atoms with Crippen molar-refractivity contribution >= 4 is 16.9 Å². The van der Waals surface area contributed by atoms with Crippen LogP contribution in [-0.2, 0) is 24.9 Å². The average Bonchev–Trinajstić information content (AvgIpc) is 3.10. The second-order valence-corrected chi connectivity index (χ2v) is 7.96. The van der Waals surface area contributed by atoms with Crippen molar-refractivity contribution < 1.29 is 34.4 Å². The number of ketones is 1. The molecule has 0 saturated heterocycles. The quantitative estimate of drug-likeness (QED) is 0.158. The predicted molar refractivity (Wildman–Crippen MR) is 128 cm³/mol. The summed E-state index contributed by atoms with van der Waals surface area (Å²) in [5.74, 6) is 0.768. The Labute approximate surface area is 207 Å². The zero-order chi connectivity index (χ0) is 23.4. The number of allylic oxidation sites excluding steroid dienone is 2. The summed E-state index contributed by atoms with van der Waals surface area (Å²) < 4.78 is 6.24. The molecule has 0 spiro atoms. The maximum atomic E-state index is 10.0. The Morgan fingerprint density at radius 1 is 1.03 bits per heavy atom. The number of aliphatic hydroxyl groups excluding tert-OH is 1. The zero-order valence-electron chi connectivity index (χ0n) is 19.6. The number of carbonyl (C=O) groups excluding carboxylic acids is 1. The first-order valence-corrected chi connectivity index (χ1v) is 10.4. The van der Waals surface area contributed by atoms with E-state index in [1.54, 1.807) is 6.33 Å². The normalized spacial score (nSPS) is 10.9. The van der Waals surface area contributed by atoms with Crippen molar-refractivity contribution in [2.45, 2.75) is 41.5 Å². The number of furan rings is 1. The maximum absolute atomic E-state index is 10.0. The second kappa shape index (κ2) is 11.2. The molecule has 4 aromatic rings. The minimum absolute atomic E-state index is 0. The zero-order valence-corrected chi connectivity index (χ0v) is 22.0. The van der Waals surface area contributed by atoms with Gasteiger partial charge in [0.05, 0.1) is 5.76 Å². The molecule has 2 heterocycles. The van der Waals surface area contributed by atoms with Crippen LogP contribution >= 0.6 is 0 Å². The number of benzene rings is 2. The fraction of sp³-hybridized carbons (Fsp3) is 0.222. The van der Waals surface area contributed by atoms with E-state index in [2.05, 4.69) is 67.1 Å². The molecular weight excluding hydrogens is 593 g/mol. The number of aryl methyl sites for hydroxylation is 4. The topological polar surface area (TPSA) is 76.2 Å². The van der Waals surface area contributed by atoms with E-state index in [1.165, 1.54) is 36.6 Å². The Morgan fingerprint density at radius 3 is 2.24 bits per heavy atom. The summed E-state index contributed by atoms with van der Waals surface area (Å²) in [7, 11) is 0. The molecule has 0 amide bonds. The molecule has 6 heteroatoms. The van der Waals surface area contributed by atoms with Gasteiger partial charge in [0.2, 0.25) is 0 Å². The number of fused-ring (bicyclic) bond motifs is 1. The molecule has 2 aromatic carbocycles. The summed E-state index contributed by atoms with van der Waals surface area (Å²) in [6.45, 7) is 11.2. The number of rotatable bonds is 3. The van der Waals surface area contributed by atoms with Crippen LogP contribution in [0.4, 0.5) is 0 Å². The van der Waals surface area contributed by atoms with Gasteiger partial charge in [-0.25, -0.2) is 4.98 Å². The fourth-order valence-electron chi connectivity index (χ4n) is 3.69. The molecule has 0 aliphatic heterocycles. The summed E-state index contributed by atoms with van der Waals surface area (Å²) >= 11 is 0. The molecule has 1 radical (unpaired) electrons. The molecule has 5 nitrogen and oxygen atoms in total. The summed E-state index contributed by atoms with van der Waals surface area (Å²) in [5, 5.41) is 8.36. The van der Waals surface area contributed by atoms with Crippen LogP contribution in [0.25, 0.3) is 33.7 Å². The molecule has 173 valence electrons. The van der Waals surface area contributed by atoms with Crippen LogP contribution in [0.3, 0.4) is 0 Å². The Kier molecular flexibility index (Phi) is 8.86. The van der Waals surface area contributed by atoms with Crippen molar-refractivity contribution in [3.8, 4) is 22.6 Å². The standard InChI is InChI=1S/C22H19N2O.C5H8O2.Ir/c1-13-8-14(2)10-17(9-13)21-22-18(23-12-24-21)11-19(25-22)20-15(3)6-5-7-16(20)4;1-4(6)3-5(2)7;/h5-9,11-12H,1-4H3;3,6H,1-2H3;/q-1;;/b;4-3-;. The molecule has 0 saturated carbocycles. The minimum Gasteiger partial charge on any atom is -0.512 e. The van der Waals surface area contributed by atoms with Crippen LogP contribution in [0.2, 0.25) is 0 Å². The Morgan fingerprint density at radius 2 is 1.70 bits per heavy atom. The number of aromatic nitrogens is 2. The number of hydrogen-bond donors (Lipinski definition) is 1. The molecule has 0 atom stereocenters. The van der Waals surface area contributed by atoms with Crippen LogP contribution in [0.15, 0.2) is 59.0 Å². The number of aliphatic hydroxyl groups is 1. The van der Waals surface area contributed by atoms with Gasteiger partial charge in [0.1, 0.15) is 23.2 Å². The Hall–Kier alpha value is -3.08. The first kappa shape index (κ1) is 26.2. The van der Waals surface area contributed by atoms with Crippen molar-refractivity contribution in [2.24, 2.45) is 0 Å². The van der Waals surface area contributed by atoms with E-state index >= 15 is 0 Å². The monoisotopic (exact) mass is 620 g/mol. The van der Waals surface area contributed by atoms with Gasteiger partial charge in [-0.15, -0.1) is 34.9 Å². The molecule has 0 aliphatic carbocycles. The van der Waals surface area contributed by atoms with Crippen molar-refractivity contribution in [3.63, 3.8) is 0 Å². The first-order chi connectivity index (χ1) is 15.2. The molecule has 0 unspecified atom stereocenters. The molecule has 2 aromatic heterocycles. The molecule has 0 aliphatic rings. The van der Waals surface area contributed by atoms with Gasteiger partial charge in [-0.05, 0) is 38.8 Å². The Balaban J connectivity index is 0.000000423. The van der Waals surface area contributed by atoms with Crippen LogP contribution in [0, 0.1) is 33.8 Å². The second-order valence-electron chi connectivity index (χ2n) is 7.96. The van der Waals surface area contributed by atoms with Gasteiger partial charge >= 0.3 is 0 Å². The molecule has 0 bridgehead atoms. The summed E-state index contributed by atoms with van der Waals surface area (Å²) in [4.78, 5) is 18.9. The molecular formula is C27H27IrN2O3-. The van der Waals surface area contributed by atoms with Gasteiger partial charge in [-0.2, -0.15) is 0 Å². The van der Waals surface area contributed by atoms with Crippen LogP contribution in [0.1, 0.15) is 36.1 Å². The molecule has 0 fully saturated rings. The first-order valence-electron chi connectivity index (χ1n) is 10.4. The molecule has 1 N–H and O–H groups in total. The van der Waals surface area contributed by atoms with E-state index in [1.807, 2.05) is 13.0 Å². The fourth-order valence-corrected chi connectivity index (χ4v) is 3.69. The minimum atomic E-state index is -0.125. The Bertz CT molecular complexity index is 1280. The predicted octanol–water partition coefficient (Wildman–Crippen LogP) is 6.63. The van der Waals surface area contributed by atoms with Gasteiger partial charge in [-0.1, -0.05) is 32.0 Å². The van der Waals surface area contributed by atoms with E-state index in [9.17, 15) is 4.79 Å². The number of carbonyl (C=O) groups is 1. The van der Waals surface area contributed by atoms with Crippen LogP contribution < -0.4 is 0 Å². The number of hydrogen-bond acceptors (Lipinski definition) is 5. The van der Waals surface area contributed by atoms with Gasteiger partial charge < -0.3 is 9.52 Å². The van der Waals surface area contributed by atoms with Crippen LogP contribution in [-0.4, -0.2) is 20.9 Å². The van der Waals surface area contributed by atoms with E-state index < -0.39 is 0 Å². The molecule has 33 heavy (non-hydrogen) atoms. The van der Waals surface area contributed by atoms with E-state index in [-0.39, 0.29) is 31.6 Å². The summed E-state index contributed by atoms with van der Waals surface area (Å²) in [6.07, 6.45) is 2.76. The van der Waals surface area contributed by atoms with E-state index in [0.717, 1.165) is 33.7 Å². The van der Waals surface area contributed by atoms with Gasteiger partial charge in [-0.3, -0.25) is 9.78 Å². The van der Waals surface area contributed by atoms with Crippen molar-refractivity contribution in [3.05, 3.63) is 82.9 Å². The molecule has 4 rings (SSSR count). The maximum Gasteiger partial charge on any atom is 0.155 e. The van der Waals surface area contributed by atoms with Crippen molar-refractivity contribution in [1.29, 1.82) is 0 Å². The number of nitrogens with zero attached hydrogens (tertiary/aromatic N) is 2. The van der Waals surface area contributed by atoms with E-state index in [0.29, 0.717) is 5.58 Å². The largest absolute Gasteiger partial charge is 0.512 e. The van der Waals surface area contributed by atoms with Crippen molar-refractivity contribution in [1.82, 2.24) is 9.97 Å². The summed E-state index contributed by atoms with van der Waals surface area (Å²) in [6, 6.07) is 15.8. The van der Waals surface area contributed by atoms with Crippen molar-refractivity contribution in [2.75, 3.05) is 0 Å². The SMILES string of the molecule is CC(=O)/C=C(/C)O.Cc1[c-]c(-c2ncnc3cc(-c4c(C)cccc4C)oc23)cc(C)c1.[Ir].